The number of primary amides is 1. The fourth-order valence-electron chi connectivity index (χ4n) is 2.57. The Morgan fingerprint density at radius 2 is 2.04 bits per heavy atom. The Balaban J connectivity index is 1.71. The van der Waals surface area contributed by atoms with Crippen molar-refractivity contribution in [3.63, 3.8) is 0 Å². The number of hydrogen-bond acceptors (Lipinski definition) is 4. The Morgan fingerprint density at radius 1 is 1.33 bits per heavy atom. The van der Waals surface area contributed by atoms with Crippen LogP contribution in [0.1, 0.15) is 25.7 Å². The van der Waals surface area contributed by atoms with Gasteiger partial charge in [-0.3, -0.25) is 10.0 Å². The van der Waals surface area contributed by atoms with E-state index in [1.54, 1.807) is 30.3 Å². The van der Waals surface area contributed by atoms with Crippen molar-refractivity contribution in [2.45, 2.75) is 19.5 Å². The third-order valence-corrected chi connectivity index (χ3v) is 5.29. The number of nitrogens with two attached hydrogens (primary N) is 1. The monoisotopic (exact) mass is 365 g/mol. The quantitative estimate of drug-likeness (QED) is 0.647. The molecule has 0 atom stereocenters. The Morgan fingerprint density at radius 3 is 2.71 bits per heavy atom. The summed E-state index contributed by atoms with van der Waals surface area (Å²) in [6.07, 6.45) is 0.657. The summed E-state index contributed by atoms with van der Waals surface area (Å²) in [7, 11) is 0. The van der Waals surface area contributed by atoms with Crippen LogP contribution in [0.25, 0.3) is 0 Å². The van der Waals surface area contributed by atoms with Crippen molar-refractivity contribution in [2.75, 3.05) is 6.54 Å². The summed E-state index contributed by atoms with van der Waals surface area (Å²) in [6.45, 7) is 1.03. The van der Waals surface area contributed by atoms with Crippen LogP contribution < -0.4 is 5.73 Å². The molecule has 0 saturated heterocycles. The normalized spacial score (nSPS) is 13.5. The van der Waals surface area contributed by atoms with Crippen LogP contribution in [0.4, 0.5) is 4.79 Å². The van der Waals surface area contributed by atoms with Gasteiger partial charge in [0.15, 0.2) is 0 Å². The molecule has 2 aromatic rings. The van der Waals surface area contributed by atoms with Crippen LogP contribution in [0.5, 0.6) is 0 Å². The van der Waals surface area contributed by atoms with Gasteiger partial charge in [0.2, 0.25) is 0 Å². The van der Waals surface area contributed by atoms with Crippen LogP contribution in [0, 0.1) is 0 Å². The number of rotatable bonds is 3. The molecule has 126 valence electrons. The van der Waals surface area contributed by atoms with Crippen molar-refractivity contribution in [3.8, 4) is 0 Å². The summed E-state index contributed by atoms with van der Waals surface area (Å²) < 4.78 is 0. The first-order chi connectivity index (χ1) is 11.4. The van der Waals surface area contributed by atoms with Crippen molar-refractivity contribution in [1.29, 1.82) is 0 Å². The molecule has 3 rings (SSSR count). The van der Waals surface area contributed by atoms with Crippen molar-refractivity contribution in [2.24, 2.45) is 5.73 Å². The number of carbonyl (C=O) groups is 2. The molecular formula is C16H16ClN3O3S. The van der Waals surface area contributed by atoms with Crippen molar-refractivity contribution in [1.82, 2.24) is 9.96 Å². The van der Waals surface area contributed by atoms with E-state index >= 15 is 0 Å². The molecule has 0 saturated carbocycles. The fraction of sp³-hybridized carbons (Fsp3) is 0.250. The lowest BCUT2D eigenvalue weighted by molar-refractivity contribution is -0.0644. The van der Waals surface area contributed by atoms with Crippen molar-refractivity contribution in [3.05, 3.63) is 56.2 Å². The number of hydroxylamine groups is 2. The van der Waals surface area contributed by atoms with Gasteiger partial charge in [0.1, 0.15) is 0 Å². The second-order valence-corrected chi connectivity index (χ2v) is 7.13. The van der Waals surface area contributed by atoms with Gasteiger partial charge in [0.05, 0.1) is 18.0 Å². The smallest absolute Gasteiger partial charge is 0.315 e. The van der Waals surface area contributed by atoms with Crippen LogP contribution in [0.2, 0.25) is 5.02 Å². The highest BCUT2D eigenvalue weighted by molar-refractivity contribution is 7.14. The van der Waals surface area contributed by atoms with E-state index in [-0.39, 0.29) is 6.54 Å². The largest absolute Gasteiger partial charge is 0.351 e. The predicted octanol–water partition coefficient (Wildman–Crippen LogP) is 2.87. The van der Waals surface area contributed by atoms with Gasteiger partial charge in [-0.15, -0.1) is 11.3 Å². The first-order valence-electron chi connectivity index (χ1n) is 7.35. The molecule has 0 bridgehead atoms. The Labute approximate surface area is 148 Å². The van der Waals surface area contributed by atoms with E-state index in [0.29, 0.717) is 34.5 Å². The molecule has 2 heterocycles. The molecule has 3 N–H and O–H groups in total. The molecule has 1 aromatic heterocycles. The maximum Gasteiger partial charge on any atom is 0.315 e. The second-order valence-electron chi connectivity index (χ2n) is 5.56. The molecule has 0 radical (unpaired) electrons. The molecule has 1 aliphatic rings. The van der Waals surface area contributed by atoms with Gasteiger partial charge in [-0.05, 0) is 35.7 Å². The third-order valence-electron chi connectivity index (χ3n) is 3.88. The zero-order valence-corrected chi connectivity index (χ0v) is 14.3. The first-order valence-corrected chi connectivity index (χ1v) is 8.54. The molecule has 0 unspecified atom stereocenters. The molecule has 3 amide bonds. The topological polar surface area (TPSA) is 86.9 Å². The predicted molar refractivity (Wildman–Crippen MR) is 91.1 cm³/mol. The highest BCUT2D eigenvalue weighted by Crippen LogP contribution is 2.29. The van der Waals surface area contributed by atoms with E-state index in [4.69, 9.17) is 17.3 Å². The van der Waals surface area contributed by atoms with Gasteiger partial charge in [0.25, 0.3) is 5.91 Å². The van der Waals surface area contributed by atoms with Gasteiger partial charge in [-0.25, -0.2) is 9.86 Å². The Bertz CT molecular complexity index is 775. The summed E-state index contributed by atoms with van der Waals surface area (Å²) in [5.74, 6) is -0.463. The number of thiophene rings is 1. The average molecular weight is 366 g/mol. The minimum absolute atomic E-state index is 0.0754. The average Bonchev–Trinajstić information content (AvgIpc) is 2.99. The molecule has 6 nitrogen and oxygen atoms in total. The second kappa shape index (κ2) is 6.80. The molecule has 1 aliphatic heterocycles. The van der Waals surface area contributed by atoms with Gasteiger partial charge in [0, 0.05) is 16.4 Å². The van der Waals surface area contributed by atoms with E-state index in [1.165, 1.54) is 16.2 Å². The third kappa shape index (κ3) is 3.53. The van der Waals surface area contributed by atoms with Gasteiger partial charge in [-0.2, -0.15) is 0 Å². The highest BCUT2D eigenvalue weighted by Gasteiger charge is 2.24. The number of benzene rings is 1. The summed E-state index contributed by atoms with van der Waals surface area (Å²) >= 11 is 7.10. The Kier molecular flexibility index (Phi) is 4.75. The number of urea groups is 1. The maximum absolute atomic E-state index is 12.4. The number of hydrogen-bond donors (Lipinski definition) is 2. The molecular weight excluding hydrogens is 350 g/mol. The van der Waals surface area contributed by atoms with E-state index in [0.717, 1.165) is 16.0 Å². The van der Waals surface area contributed by atoms with Crippen molar-refractivity contribution < 1.29 is 14.8 Å². The highest BCUT2D eigenvalue weighted by atomic mass is 35.5. The SMILES string of the molecule is NC(=O)N1CCc2cc(C(=O)N(O)Cc3ccc(Cl)cc3)sc2C1. The van der Waals surface area contributed by atoms with Gasteiger partial charge in [-0.1, -0.05) is 23.7 Å². The summed E-state index contributed by atoms with van der Waals surface area (Å²) in [4.78, 5) is 26.6. The molecule has 0 spiro atoms. The fourth-order valence-corrected chi connectivity index (χ4v) is 3.87. The van der Waals surface area contributed by atoms with E-state index in [9.17, 15) is 14.8 Å². The Hall–Kier alpha value is -2.09. The lowest BCUT2D eigenvalue weighted by atomic mass is 10.1. The van der Waals surface area contributed by atoms with Crippen LogP contribution in [0.3, 0.4) is 0 Å². The molecule has 0 fully saturated rings. The number of amides is 3. The van der Waals surface area contributed by atoms with Gasteiger partial charge >= 0.3 is 6.03 Å². The summed E-state index contributed by atoms with van der Waals surface area (Å²) in [6, 6.07) is 8.24. The summed E-state index contributed by atoms with van der Waals surface area (Å²) in [5.41, 5.74) is 7.11. The molecule has 1 aromatic carbocycles. The minimum Gasteiger partial charge on any atom is -0.351 e. The lowest BCUT2D eigenvalue weighted by Gasteiger charge is -2.24. The maximum atomic E-state index is 12.4. The minimum atomic E-state index is -0.464. The van der Waals surface area contributed by atoms with Gasteiger partial charge < -0.3 is 10.6 Å². The zero-order valence-electron chi connectivity index (χ0n) is 12.7. The van der Waals surface area contributed by atoms with Crippen LogP contribution in [-0.4, -0.2) is 33.7 Å². The van der Waals surface area contributed by atoms with Crippen LogP contribution in [0.15, 0.2) is 30.3 Å². The molecule has 8 heteroatoms. The number of fused-ring (bicyclic) bond motifs is 1. The lowest BCUT2D eigenvalue weighted by Crippen LogP contribution is -2.38. The van der Waals surface area contributed by atoms with E-state index < -0.39 is 11.9 Å². The number of carbonyl (C=O) groups excluding carboxylic acids is 2. The van der Waals surface area contributed by atoms with E-state index in [2.05, 4.69) is 0 Å². The molecule has 0 aliphatic carbocycles. The summed E-state index contributed by atoms with van der Waals surface area (Å²) in [5, 5.41) is 11.4. The van der Waals surface area contributed by atoms with Crippen LogP contribution >= 0.6 is 22.9 Å². The molecule has 24 heavy (non-hydrogen) atoms. The zero-order chi connectivity index (χ0) is 17.3. The standard InChI is InChI=1S/C16H16ClN3O3S/c17-12-3-1-10(2-4-12)8-20(23)15(21)13-7-11-5-6-19(16(18)22)9-14(11)24-13/h1-4,7,23H,5-6,8-9H2,(H2,18,22). The first kappa shape index (κ1) is 16.8. The van der Waals surface area contributed by atoms with E-state index in [1.807, 2.05) is 0 Å². The number of nitrogens with zero attached hydrogens (tertiary/aromatic N) is 2. The number of halogens is 1. The van der Waals surface area contributed by atoms with Crippen LogP contribution in [-0.2, 0) is 19.5 Å². The van der Waals surface area contributed by atoms with Crippen molar-refractivity contribution >= 4 is 34.9 Å².